The van der Waals surface area contributed by atoms with Crippen molar-refractivity contribution in [2.24, 2.45) is 5.92 Å². The fraction of sp³-hybridized carbons (Fsp3) is 0.429. The van der Waals surface area contributed by atoms with E-state index in [-0.39, 0.29) is 30.2 Å². The molecule has 5 rings (SSSR count). The Hall–Kier alpha value is -2.93. The molecule has 2 saturated heterocycles. The van der Waals surface area contributed by atoms with Crippen LogP contribution in [0.25, 0.3) is 10.1 Å². The number of thiophene rings is 1. The number of carbonyl (C=O) groups is 2. The van der Waals surface area contributed by atoms with Crippen molar-refractivity contribution in [1.29, 1.82) is 0 Å². The molecule has 7 heteroatoms. The monoisotopic (exact) mass is 494 g/mol. The van der Waals surface area contributed by atoms with Crippen LogP contribution in [0.3, 0.4) is 0 Å². The summed E-state index contributed by atoms with van der Waals surface area (Å²) in [4.78, 5) is 31.0. The SMILES string of the molecule is O=C(c1sc2cccc(F)c2c1COc1ccccc1)N1CCC(C(=O)N2CCCCCC2)CC1. The number of nitrogens with zero attached hydrogens (tertiary/aromatic N) is 2. The Kier molecular flexibility index (Phi) is 7.32. The lowest BCUT2D eigenvalue weighted by Gasteiger charge is -2.34. The maximum Gasteiger partial charge on any atom is 0.264 e. The van der Waals surface area contributed by atoms with E-state index in [1.807, 2.05) is 46.2 Å². The van der Waals surface area contributed by atoms with E-state index in [0.717, 1.165) is 30.6 Å². The second-order valence-electron chi connectivity index (χ2n) is 9.43. The van der Waals surface area contributed by atoms with Crippen LogP contribution in [0.1, 0.15) is 53.8 Å². The van der Waals surface area contributed by atoms with Crippen LogP contribution in [-0.2, 0) is 11.4 Å². The smallest absolute Gasteiger partial charge is 0.264 e. The molecule has 2 fully saturated rings. The third-order valence-electron chi connectivity index (χ3n) is 7.13. The zero-order valence-electron chi connectivity index (χ0n) is 19.9. The highest BCUT2D eigenvalue weighted by molar-refractivity contribution is 7.21. The summed E-state index contributed by atoms with van der Waals surface area (Å²) in [6.45, 7) is 2.92. The highest BCUT2D eigenvalue weighted by Crippen LogP contribution is 2.36. The number of ether oxygens (including phenoxy) is 1. The summed E-state index contributed by atoms with van der Waals surface area (Å²) in [6, 6.07) is 14.3. The number of fused-ring (bicyclic) bond motifs is 1. The van der Waals surface area contributed by atoms with Gasteiger partial charge in [-0.25, -0.2) is 4.39 Å². The van der Waals surface area contributed by atoms with Gasteiger partial charge in [-0.2, -0.15) is 0 Å². The van der Waals surface area contributed by atoms with Crippen molar-refractivity contribution in [3.8, 4) is 5.75 Å². The first-order valence-corrected chi connectivity index (χ1v) is 13.4. The largest absolute Gasteiger partial charge is 0.489 e. The van der Waals surface area contributed by atoms with Gasteiger partial charge in [0.15, 0.2) is 0 Å². The van der Waals surface area contributed by atoms with Crippen molar-refractivity contribution < 1.29 is 18.7 Å². The molecule has 2 aliphatic rings. The van der Waals surface area contributed by atoms with E-state index < -0.39 is 0 Å². The highest BCUT2D eigenvalue weighted by Gasteiger charge is 2.32. The lowest BCUT2D eigenvalue weighted by Crippen LogP contribution is -2.44. The number of piperidine rings is 1. The molecule has 1 aromatic heterocycles. The van der Waals surface area contributed by atoms with Gasteiger partial charge in [-0.05, 0) is 49.9 Å². The highest BCUT2D eigenvalue weighted by atomic mass is 32.1. The number of para-hydroxylation sites is 1. The predicted molar refractivity (Wildman–Crippen MR) is 136 cm³/mol. The van der Waals surface area contributed by atoms with E-state index in [2.05, 4.69) is 0 Å². The van der Waals surface area contributed by atoms with Crippen LogP contribution in [0, 0.1) is 11.7 Å². The third-order valence-corrected chi connectivity index (χ3v) is 8.32. The Morgan fingerprint density at radius 1 is 0.886 bits per heavy atom. The van der Waals surface area contributed by atoms with Gasteiger partial charge in [0.05, 0.1) is 4.88 Å². The molecule has 2 aromatic carbocycles. The zero-order chi connectivity index (χ0) is 24.2. The maximum absolute atomic E-state index is 14.8. The molecule has 0 unspecified atom stereocenters. The van der Waals surface area contributed by atoms with Gasteiger partial charge in [0.2, 0.25) is 5.91 Å². The van der Waals surface area contributed by atoms with Gasteiger partial charge in [-0.1, -0.05) is 37.1 Å². The lowest BCUT2D eigenvalue weighted by atomic mass is 9.94. The molecule has 3 aromatic rings. The molecule has 0 radical (unpaired) electrons. The normalized spacial score (nSPS) is 17.4. The number of halogens is 1. The number of hydrogen-bond acceptors (Lipinski definition) is 4. The van der Waals surface area contributed by atoms with Crippen LogP contribution in [0.4, 0.5) is 4.39 Å². The summed E-state index contributed by atoms with van der Waals surface area (Å²) in [7, 11) is 0. The topological polar surface area (TPSA) is 49.9 Å². The van der Waals surface area contributed by atoms with Crippen LogP contribution < -0.4 is 4.74 Å². The van der Waals surface area contributed by atoms with Crippen molar-refractivity contribution in [1.82, 2.24) is 9.80 Å². The van der Waals surface area contributed by atoms with Crippen molar-refractivity contribution in [3.05, 3.63) is 64.8 Å². The molecule has 0 saturated carbocycles. The summed E-state index contributed by atoms with van der Waals surface area (Å²) in [5.74, 6) is 0.469. The fourth-order valence-corrected chi connectivity index (χ4v) is 6.36. The van der Waals surface area contributed by atoms with Gasteiger partial charge in [0, 0.05) is 47.7 Å². The van der Waals surface area contributed by atoms with Gasteiger partial charge in [-0.3, -0.25) is 9.59 Å². The number of hydrogen-bond donors (Lipinski definition) is 0. The summed E-state index contributed by atoms with van der Waals surface area (Å²) < 4.78 is 21.5. The molecule has 0 spiro atoms. The second-order valence-corrected chi connectivity index (χ2v) is 10.5. The molecule has 0 atom stereocenters. The average molecular weight is 495 g/mol. The van der Waals surface area contributed by atoms with Crippen molar-refractivity contribution in [3.63, 3.8) is 0 Å². The van der Waals surface area contributed by atoms with Crippen molar-refractivity contribution in [2.45, 2.75) is 45.1 Å². The summed E-state index contributed by atoms with van der Waals surface area (Å²) in [6.07, 6.45) is 5.91. The molecule has 0 bridgehead atoms. The minimum absolute atomic E-state index is 0.0158. The Morgan fingerprint density at radius 3 is 2.31 bits per heavy atom. The molecule has 5 nitrogen and oxygen atoms in total. The van der Waals surface area contributed by atoms with E-state index in [4.69, 9.17) is 4.74 Å². The molecule has 184 valence electrons. The second kappa shape index (κ2) is 10.8. The standard InChI is InChI=1S/C28H31FN2O3S/c29-23-11-8-12-24-25(23)22(19-34-21-9-4-3-5-10-21)26(35-24)28(33)31-17-13-20(14-18-31)27(32)30-15-6-1-2-7-16-30/h3-5,8-12,20H,1-2,6-7,13-19H2. The number of likely N-dealkylation sites (tertiary alicyclic amines) is 2. The van der Waals surface area contributed by atoms with Crippen LogP contribution >= 0.6 is 11.3 Å². The Morgan fingerprint density at radius 2 is 1.60 bits per heavy atom. The average Bonchev–Trinajstić information content (AvgIpc) is 3.06. The first-order valence-electron chi connectivity index (χ1n) is 12.6. The zero-order valence-corrected chi connectivity index (χ0v) is 20.7. The molecular weight excluding hydrogens is 463 g/mol. The molecule has 3 heterocycles. The van der Waals surface area contributed by atoms with Gasteiger partial charge in [0.1, 0.15) is 18.2 Å². The molecule has 0 N–H and O–H groups in total. The Labute approximate surface area is 209 Å². The predicted octanol–water partition coefficient (Wildman–Crippen LogP) is 5.87. The third kappa shape index (κ3) is 5.20. The molecule has 35 heavy (non-hydrogen) atoms. The quantitative estimate of drug-likeness (QED) is 0.445. The summed E-state index contributed by atoms with van der Waals surface area (Å²) in [5.41, 5.74) is 0.597. The minimum Gasteiger partial charge on any atom is -0.489 e. The minimum atomic E-state index is -0.341. The summed E-state index contributed by atoms with van der Waals surface area (Å²) in [5, 5.41) is 0.461. The lowest BCUT2D eigenvalue weighted by molar-refractivity contribution is -0.136. The van der Waals surface area contributed by atoms with Gasteiger partial charge >= 0.3 is 0 Å². The van der Waals surface area contributed by atoms with E-state index in [0.29, 0.717) is 47.5 Å². The van der Waals surface area contributed by atoms with Crippen LogP contribution in [0.15, 0.2) is 48.5 Å². The van der Waals surface area contributed by atoms with Crippen molar-refractivity contribution in [2.75, 3.05) is 26.2 Å². The van der Waals surface area contributed by atoms with E-state index in [1.54, 1.807) is 6.07 Å². The van der Waals surface area contributed by atoms with Gasteiger partial charge < -0.3 is 14.5 Å². The fourth-order valence-electron chi connectivity index (χ4n) is 5.17. The molecule has 0 aliphatic carbocycles. The molecule has 2 aliphatic heterocycles. The number of benzene rings is 2. The van der Waals surface area contributed by atoms with Crippen molar-refractivity contribution >= 4 is 33.2 Å². The first kappa shape index (κ1) is 23.8. The van der Waals surface area contributed by atoms with Gasteiger partial charge in [-0.15, -0.1) is 11.3 Å². The van der Waals surface area contributed by atoms with Crippen LogP contribution in [0.2, 0.25) is 0 Å². The molecule has 2 amide bonds. The van der Waals surface area contributed by atoms with E-state index in [9.17, 15) is 14.0 Å². The van der Waals surface area contributed by atoms with Crippen LogP contribution in [-0.4, -0.2) is 47.8 Å². The van der Waals surface area contributed by atoms with Crippen LogP contribution in [0.5, 0.6) is 5.75 Å². The number of amides is 2. The Bertz CT molecular complexity index is 1180. The summed E-state index contributed by atoms with van der Waals surface area (Å²) >= 11 is 1.32. The number of rotatable bonds is 5. The van der Waals surface area contributed by atoms with Gasteiger partial charge in [0.25, 0.3) is 5.91 Å². The first-order chi connectivity index (χ1) is 17.1. The van der Waals surface area contributed by atoms with E-state index >= 15 is 0 Å². The maximum atomic E-state index is 14.8. The van der Waals surface area contributed by atoms with E-state index in [1.165, 1.54) is 30.2 Å². The Balaban J connectivity index is 1.31. The molecular formula is C28H31FN2O3S. The number of carbonyl (C=O) groups excluding carboxylic acids is 2.